The van der Waals surface area contributed by atoms with E-state index in [4.69, 9.17) is 5.73 Å². The maximum atomic E-state index is 5.78. The van der Waals surface area contributed by atoms with Crippen molar-refractivity contribution >= 4 is 33.4 Å². The van der Waals surface area contributed by atoms with E-state index >= 15 is 0 Å². The zero-order chi connectivity index (χ0) is 12.4. The van der Waals surface area contributed by atoms with Gasteiger partial charge < -0.3 is 5.73 Å². The van der Waals surface area contributed by atoms with Crippen molar-refractivity contribution < 1.29 is 0 Å². The van der Waals surface area contributed by atoms with Crippen LogP contribution in [0, 0.1) is 13.8 Å². The van der Waals surface area contributed by atoms with Gasteiger partial charge in [-0.15, -0.1) is 0 Å². The minimum absolute atomic E-state index is 0.773. The molecule has 0 saturated carbocycles. The first kappa shape index (κ1) is 12.5. The molecule has 2 aromatic carbocycles. The SMILES string of the molecule is Cc1ccc(C)c(Sc2ccc(N)c(Br)c2)c1. The third-order valence-electron chi connectivity index (χ3n) is 2.54. The van der Waals surface area contributed by atoms with E-state index in [1.165, 1.54) is 20.9 Å². The van der Waals surface area contributed by atoms with E-state index in [0.29, 0.717) is 0 Å². The molecule has 88 valence electrons. The summed E-state index contributed by atoms with van der Waals surface area (Å²) < 4.78 is 0.952. The highest BCUT2D eigenvalue weighted by molar-refractivity contribution is 9.10. The minimum atomic E-state index is 0.773. The number of hydrogen-bond donors (Lipinski definition) is 1. The van der Waals surface area contributed by atoms with Crippen LogP contribution in [-0.4, -0.2) is 0 Å². The molecule has 17 heavy (non-hydrogen) atoms. The molecule has 0 aliphatic rings. The van der Waals surface area contributed by atoms with Crippen LogP contribution >= 0.6 is 27.7 Å². The van der Waals surface area contributed by atoms with Crippen LogP contribution in [0.25, 0.3) is 0 Å². The number of benzene rings is 2. The van der Waals surface area contributed by atoms with Crippen molar-refractivity contribution in [3.8, 4) is 0 Å². The Morgan fingerprint density at radius 2 is 1.82 bits per heavy atom. The van der Waals surface area contributed by atoms with Gasteiger partial charge in [-0.1, -0.05) is 23.9 Å². The summed E-state index contributed by atoms with van der Waals surface area (Å²) in [7, 11) is 0. The quantitative estimate of drug-likeness (QED) is 0.807. The fraction of sp³-hybridized carbons (Fsp3) is 0.143. The predicted octanol–water partition coefficient (Wildman–Crippen LogP) is 4.80. The van der Waals surface area contributed by atoms with Crippen molar-refractivity contribution in [1.82, 2.24) is 0 Å². The van der Waals surface area contributed by atoms with E-state index in [1.54, 1.807) is 11.8 Å². The molecule has 0 aliphatic carbocycles. The third kappa shape index (κ3) is 3.05. The largest absolute Gasteiger partial charge is 0.398 e. The summed E-state index contributed by atoms with van der Waals surface area (Å²) in [6.07, 6.45) is 0. The molecular formula is C14H14BrNS. The second kappa shape index (κ2) is 5.15. The van der Waals surface area contributed by atoms with Crippen molar-refractivity contribution in [2.45, 2.75) is 23.6 Å². The maximum absolute atomic E-state index is 5.78. The van der Waals surface area contributed by atoms with Gasteiger partial charge in [-0.25, -0.2) is 0 Å². The number of hydrogen-bond acceptors (Lipinski definition) is 2. The van der Waals surface area contributed by atoms with Gasteiger partial charge in [0.2, 0.25) is 0 Å². The Kier molecular flexibility index (Phi) is 3.79. The molecule has 0 aromatic heterocycles. The number of aryl methyl sites for hydroxylation is 2. The highest BCUT2D eigenvalue weighted by atomic mass is 79.9. The van der Waals surface area contributed by atoms with E-state index in [1.807, 2.05) is 12.1 Å². The Labute approximate surface area is 115 Å². The van der Waals surface area contributed by atoms with Gasteiger partial charge in [0.1, 0.15) is 0 Å². The predicted molar refractivity (Wildman–Crippen MR) is 78.6 cm³/mol. The van der Waals surface area contributed by atoms with E-state index in [0.717, 1.165) is 10.2 Å². The first-order chi connectivity index (χ1) is 8.06. The van der Waals surface area contributed by atoms with Crippen LogP contribution in [0.15, 0.2) is 50.7 Å². The normalized spacial score (nSPS) is 10.5. The Morgan fingerprint density at radius 1 is 1.06 bits per heavy atom. The number of halogens is 1. The summed E-state index contributed by atoms with van der Waals surface area (Å²) in [6.45, 7) is 4.25. The third-order valence-corrected chi connectivity index (χ3v) is 4.38. The molecule has 0 amide bonds. The molecule has 2 aromatic rings. The fourth-order valence-corrected chi connectivity index (χ4v) is 3.09. The molecule has 0 aliphatic heterocycles. The van der Waals surface area contributed by atoms with Gasteiger partial charge in [0.25, 0.3) is 0 Å². The maximum Gasteiger partial charge on any atom is 0.0459 e. The second-order valence-corrected chi connectivity index (χ2v) is 6.02. The fourth-order valence-electron chi connectivity index (χ4n) is 1.52. The molecule has 1 nitrogen and oxygen atoms in total. The van der Waals surface area contributed by atoms with E-state index in [9.17, 15) is 0 Å². The van der Waals surface area contributed by atoms with Crippen molar-refractivity contribution in [3.05, 3.63) is 52.0 Å². The lowest BCUT2D eigenvalue weighted by Gasteiger charge is -2.08. The van der Waals surface area contributed by atoms with Crippen molar-refractivity contribution in [2.75, 3.05) is 5.73 Å². The van der Waals surface area contributed by atoms with Crippen LogP contribution in [0.1, 0.15) is 11.1 Å². The number of nitrogen functional groups attached to an aromatic ring is 1. The minimum Gasteiger partial charge on any atom is -0.398 e. The van der Waals surface area contributed by atoms with E-state index in [-0.39, 0.29) is 0 Å². The molecule has 0 bridgehead atoms. The molecule has 0 radical (unpaired) electrons. The van der Waals surface area contributed by atoms with Gasteiger partial charge in [0.05, 0.1) is 0 Å². The lowest BCUT2D eigenvalue weighted by molar-refractivity contribution is 1.25. The van der Waals surface area contributed by atoms with Crippen LogP contribution < -0.4 is 5.73 Å². The van der Waals surface area contributed by atoms with Crippen molar-refractivity contribution in [2.24, 2.45) is 0 Å². The van der Waals surface area contributed by atoms with Gasteiger partial charge in [-0.3, -0.25) is 0 Å². The van der Waals surface area contributed by atoms with Crippen LogP contribution in [0.2, 0.25) is 0 Å². The molecule has 0 unspecified atom stereocenters. The van der Waals surface area contributed by atoms with Crippen LogP contribution in [0.5, 0.6) is 0 Å². The number of nitrogens with two attached hydrogens (primary N) is 1. The monoisotopic (exact) mass is 307 g/mol. The smallest absolute Gasteiger partial charge is 0.0459 e. The second-order valence-electron chi connectivity index (χ2n) is 4.05. The van der Waals surface area contributed by atoms with Gasteiger partial charge in [0.15, 0.2) is 0 Å². The van der Waals surface area contributed by atoms with Crippen LogP contribution in [-0.2, 0) is 0 Å². The molecule has 0 fully saturated rings. The zero-order valence-electron chi connectivity index (χ0n) is 9.83. The lowest BCUT2D eigenvalue weighted by atomic mass is 10.2. The molecule has 3 heteroatoms. The average molecular weight is 308 g/mol. The standard InChI is InChI=1S/C14H14BrNS/c1-9-3-4-10(2)14(7-9)17-11-5-6-13(16)12(15)8-11/h3-8H,16H2,1-2H3. The first-order valence-electron chi connectivity index (χ1n) is 5.36. The highest BCUT2D eigenvalue weighted by Crippen LogP contribution is 2.33. The van der Waals surface area contributed by atoms with Gasteiger partial charge in [-0.2, -0.15) is 0 Å². The van der Waals surface area contributed by atoms with Gasteiger partial charge >= 0.3 is 0 Å². The summed E-state index contributed by atoms with van der Waals surface area (Å²) in [5.41, 5.74) is 9.14. The lowest BCUT2D eigenvalue weighted by Crippen LogP contribution is -1.86. The van der Waals surface area contributed by atoms with Crippen molar-refractivity contribution in [3.63, 3.8) is 0 Å². The van der Waals surface area contributed by atoms with Crippen molar-refractivity contribution in [1.29, 1.82) is 0 Å². The highest BCUT2D eigenvalue weighted by Gasteiger charge is 2.03. The Bertz CT molecular complexity index is 552. The summed E-state index contributed by atoms with van der Waals surface area (Å²) in [5.74, 6) is 0. The number of rotatable bonds is 2. The number of anilines is 1. The molecule has 0 spiro atoms. The van der Waals surface area contributed by atoms with Crippen LogP contribution in [0.3, 0.4) is 0 Å². The summed E-state index contributed by atoms with van der Waals surface area (Å²) in [4.78, 5) is 2.49. The molecule has 0 heterocycles. The van der Waals surface area contributed by atoms with E-state index < -0.39 is 0 Å². The molecule has 2 rings (SSSR count). The Hall–Kier alpha value is -0.930. The summed E-state index contributed by atoms with van der Waals surface area (Å²) >= 11 is 5.22. The van der Waals surface area contributed by atoms with Crippen LogP contribution in [0.4, 0.5) is 5.69 Å². The molecular weight excluding hydrogens is 294 g/mol. The summed E-state index contributed by atoms with van der Waals surface area (Å²) in [5, 5.41) is 0. The molecule has 0 saturated heterocycles. The van der Waals surface area contributed by atoms with Gasteiger partial charge in [-0.05, 0) is 65.2 Å². The Balaban J connectivity index is 2.31. The molecule has 0 atom stereocenters. The topological polar surface area (TPSA) is 26.0 Å². The Morgan fingerprint density at radius 3 is 2.53 bits per heavy atom. The summed E-state index contributed by atoms with van der Waals surface area (Å²) in [6, 6.07) is 12.5. The zero-order valence-corrected chi connectivity index (χ0v) is 12.2. The molecule has 2 N–H and O–H groups in total. The van der Waals surface area contributed by atoms with Gasteiger partial charge in [0, 0.05) is 20.0 Å². The first-order valence-corrected chi connectivity index (χ1v) is 6.97. The van der Waals surface area contributed by atoms with E-state index in [2.05, 4.69) is 54.0 Å². The average Bonchev–Trinajstić information content (AvgIpc) is 2.29.